The van der Waals surface area contributed by atoms with Gasteiger partial charge in [-0.15, -0.1) is 5.10 Å². The average molecular weight is 277 g/mol. The van der Waals surface area contributed by atoms with Crippen molar-refractivity contribution < 1.29 is 14.3 Å². The summed E-state index contributed by atoms with van der Waals surface area (Å²) in [6.45, 7) is 1.82. The molecule has 0 amide bonds. The maximum absolute atomic E-state index is 13.8. The molecule has 0 spiro atoms. The van der Waals surface area contributed by atoms with Crippen molar-refractivity contribution >= 4 is 5.97 Å². The molecule has 0 bridgehead atoms. The van der Waals surface area contributed by atoms with Gasteiger partial charge in [0, 0.05) is 6.42 Å². The molecule has 6 heteroatoms. The molecular formula is C14H16FN3O2. The number of halogens is 1. The second-order valence-electron chi connectivity index (χ2n) is 4.71. The molecule has 1 aromatic heterocycles. The van der Waals surface area contributed by atoms with Crippen molar-refractivity contribution in [3.05, 3.63) is 41.5 Å². The van der Waals surface area contributed by atoms with Gasteiger partial charge in [0.05, 0.1) is 11.9 Å². The highest BCUT2D eigenvalue weighted by atomic mass is 19.1. The fraction of sp³-hybridized carbons (Fsp3) is 0.357. The van der Waals surface area contributed by atoms with Gasteiger partial charge in [-0.2, -0.15) is 0 Å². The molecule has 2 rings (SSSR count). The predicted molar refractivity (Wildman–Crippen MR) is 71.2 cm³/mol. The summed E-state index contributed by atoms with van der Waals surface area (Å²) in [6, 6.07) is 4.92. The van der Waals surface area contributed by atoms with Gasteiger partial charge in [-0.25, -0.2) is 9.07 Å². The highest BCUT2D eigenvalue weighted by molar-refractivity contribution is 5.66. The molecule has 0 fully saturated rings. The highest BCUT2D eigenvalue weighted by Crippen LogP contribution is 2.14. The summed E-state index contributed by atoms with van der Waals surface area (Å²) >= 11 is 0. The van der Waals surface area contributed by atoms with Crippen molar-refractivity contribution in [1.29, 1.82) is 0 Å². The summed E-state index contributed by atoms with van der Waals surface area (Å²) in [7, 11) is 0. The maximum atomic E-state index is 13.8. The van der Waals surface area contributed by atoms with Crippen LogP contribution < -0.4 is 0 Å². The van der Waals surface area contributed by atoms with Crippen molar-refractivity contribution in [1.82, 2.24) is 15.0 Å². The monoisotopic (exact) mass is 277 g/mol. The summed E-state index contributed by atoms with van der Waals surface area (Å²) in [5.74, 6) is -1.14. The number of rotatable bonds is 6. The molecule has 5 nitrogen and oxygen atoms in total. The van der Waals surface area contributed by atoms with Gasteiger partial charge >= 0.3 is 5.97 Å². The zero-order chi connectivity index (χ0) is 14.5. The zero-order valence-corrected chi connectivity index (χ0v) is 11.2. The number of benzene rings is 1. The second-order valence-corrected chi connectivity index (χ2v) is 4.71. The normalized spacial score (nSPS) is 10.7. The van der Waals surface area contributed by atoms with Crippen molar-refractivity contribution in [2.24, 2.45) is 0 Å². The number of aliphatic carboxylic acids is 1. The van der Waals surface area contributed by atoms with Crippen LogP contribution in [0, 0.1) is 12.7 Å². The van der Waals surface area contributed by atoms with Gasteiger partial charge in [0.15, 0.2) is 0 Å². The molecule has 0 saturated heterocycles. The van der Waals surface area contributed by atoms with Crippen LogP contribution in [-0.4, -0.2) is 26.1 Å². The fourth-order valence-corrected chi connectivity index (χ4v) is 1.91. The summed E-state index contributed by atoms with van der Waals surface area (Å²) in [5, 5.41) is 16.4. The van der Waals surface area contributed by atoms with Gasteiger partial charge in [-0.05, 0) is 43.9 Å². The Morgan fingerprint density at radius 2 is 2.20 bits per heavy atom. The number of carboxylic acids is 1. The SMILES string of the molecule is Cc1ccc(-n2cc(CCCCC(=O)O)nn2)c(F)c1. The van der Waals surface area contributed by atoms with Crippen LogP contribution in [0.4, 0.5) is 4.39 Å². The molecular weight excluding hydrogens is 261 g/mol. The van der Waals surface area contributed by atoms with Crippen LogP contribution >= 0.6 is 0 Å². The van der Waals surface area contributed by atoms with E-state index in [4.69, 9.17) is 5.11 Å². The fourth-order valence-electron chi connectivity index (χ4n) is 1.91. The van der Waals surface area contributed by atoms with E-state index in [-0.39, 0.29) is 12.2 Å². The molecule has 2 aromatic rings. The molecule has 0 unspecified atom stereocenters. The number of hydrogen-bond donors (Lipinski definition) is 1. The van der Waals surface area contributed by atoms with Gasteiger partial charge < -0.3 is 5.11 Å². The molecule has 20 heavy (non-hydrogen) atoms. The van der Waals surface area contributed by atoms with E-state index >= 15 is 0 Å². The first-order valence-electron chi connectivity index (χ1n) is 6.46. The van der Waals surface area contributed by atoms with Gasteiger partial charge in [0.2, 0.25) is 0 Å². The van der Waals surface area contributed by atoms with Crippen LogP contribution in [0.3, 0.4) is 0 Å². The Hall–Kier alpha value is -2.24. The topological polar surface area (TPSA) is 68.0 Å². The Morgan fingerprint density at radius 1 is 1.40 bits per heavy atom. The Labute approximate surface area is 116 Å². The lowest BCUT2D eigenvalue weighted by Gasteiger charge is -2.02. The molecule has 106 valence electrons. The third-order valence-electron chi connectivity index (χ3n) is 2.96. The number of hydrogen-bond acceptors (Lipinski definition) is 3. The van der Waals surface area contributed by atoms with Crippen LogP contribution in [0.5, 0.6) is 0 Å². The van der Waals surface area contributed by atoms with Gasteiger partial charge in [0.25, 0.3) is 0 Å². The van der Waals surface area contributed by atoms with E-state index in [1.54, 1.807) is 12.3 Å². The van der Waals surface area contributed by atoms with E-state index in [0.717, 1.165) is 17.7 Å². The molecule has 0 radical (unpaired) electrons. The molecule has 0 atom stereocenters. The Morgan fingerprint density at radius 3 is 2.90 bits per heavy atom. The number of aryl methyl sites for hydroxylation is 2. The molecule has 0 aliphatic carbocycles. The number of carboxylic acid groups (broad SMARTS) is 1. The van der Waals surface area contributed by atoms with Crippen LogP contribution in [0.25, 0.3) is 5.69 Å². The highest BCUT2D eigenvalue weighted by Gasteiger charge is 2.08. The lowest BCUT2D eigenvalue weighted by atomic mass is 10.1. The zero-order valence-electron chi connectivity index (χ0n) is 11.2. The van der Waals surface area contributed by atoms with Crippen LogP contribution in [-0.2, 0) is 11.2 Å². The lowest BCUT2D eigenvalue weighted by Crippen LogP contribution is -1.98. The Kier molecular flexibility index (Phi) is 4.45. The van der Waals surface area contributed by atoms with E-state index in [1.165, 1.54) is 10.7 Å². The first kappa shape index (κ1) is 14.2. The van der Waals surface area contributed by atoms with E-state index in [1.807, 2.05) is 13.0 Å². The van der Waals surface area contributed by atoms with Crippen molar-refractivity contribution in [2.75, 3.05) is 0 Å². The van der Waals surface area contributed by atoms with E-state index in [0.29, 0.717) is 18.5 Å². The average Bonchev–Trinajstić information content (AvgIpc) is 2.83. The summed E-state index contributed by atoms with van der Waals surface area (Å²) in [6.07, 6.45) is 3.79. The van der Waals surface area contributed by atoms with Crippen molar-refractivity contribution in [3.8, 4) is 5.69 Å². The summed E-state index contributed by atoms with van der Waals surface area (Å²) in [5.41, 5.74) is 1.94. The maximum Gasteiger partial charge on any atom is 0.303 e. The molecule has 0 aliphatic rings. The third kappa shape index (κ3) is 3.63. The summed E-state index contributed by atoms with van der Waals surface area (Å²) in [4.78, 5) is 10.4. The van der Waals surface area contributed by atoms with Gasteiger partial charge in [-0.1, -0.05) is 11.3 Å². The summed E-state index contributed by atoms with van der Waals surface area (Å²) < 4.78 is 15.2. The molecule has 0 aliphatic heterocycles. The Bertz CT molecular complexity index is 610. The smallest absolute Gasteiger partial charge is 0.303 e. The van der Waals surface area contributed by atoms with Crippen LogP contribution in [0.1, 0.15) is 30.5 Å². The van der Waals surface area contributed by atoms with Crippen molar-refractivity contribution in [2.45, 2.75) is 32.6 Å². The number of carbonyl (C=O) groups is 1. The first-order valence-corrected chi connectivity index (χ1v) is 6.46. The van der Waals surface area contributed by atoms with E-state index in [9.17, 15) is 9.18 Å². The van der Waals surface area contributed by atoms with E-state index < -0.39 is 5.97 Å². The minimum Gasteiger partial charge on any atom is -0.481 e. The molecule has 1 heterocycles. The third-order valence-corrected chi connectivity index (χ3v) is 2.96. The van der Waals surface area contributed by atoms with Crippen LogP contribution in [0.15, 0.2) is 24.4 Å². The standard InChI is InChI=1S/C14H16FN3O2/c1-10-6-7-13(12(15)8-10)18-9-11(16-17-18)4-2-3-5-14(19)20/h6-9H,2-5H2,1H3,(H,19,20). The molecule has 1 N–H and O–H groups in total. The van der Waals surface area contributed by atoms with Crippen LogP contribution in [0.2, 0.25) is 0 Å². The number of nitrogens with zero attached hydrogens (tertiary/aromatic N) is 3. The molecule has 0 saturated carbocycles. The largest absolute Gasteiger partial charge is 0.481 e. The van der Waals surface area contributed by atoms with Crippen molar-refractivity contribution in [3.63, 3.8) is 0 Å². The lowest BCUT2D eigenvalue weighted by molar-refractivity contribution is -0.137. The minimum absolute atomic E-state index is 0.153. The molecule has 1 aromatic carbocycles. The first-order chi connectivity index (χ1) is 9.56. The Balaban J connectivity index is 1.99. The van der Waals surface area contributed by atoms with Gasteiger partial charge in [0.1, 0.15) is 11.5 Å². The quantitative estimate of drug-likeness (QED) is 0.824. The number of aromatic nitrogens is 3. The minimum atomic E-state index is -0.796. The second kappa shape index (κ2) is 6.27. The van der Waals surface area contributed by atoms with Gasteiger partial charge in [-0.3, -0.25) is 4.79 Å². The van der Waals surface area contributed by atoms with E-state index in [2.05, 4.69) is 10.3 Å². The predicted octanol–water partition coefficient (Wildman–Crippen LogP) is 2.51. The number of unbranched alkanes of at least 4 members (excludes halogenated alkanes) is 1.